The van der Waals surface area contributed by atoms with Crippen molar-refractivity contribution in [1.82, 2.24) is 10.7 Å². The van der Waals surface area contributed by atoms with E-state index in [-0.39, 0.29) is 11.6 Å². The summed E-state index contributed by atoms with van der Waals surface area (Å²) in [5, 5.41) is 3.10. The van der Waals surface area contributed by atoms with Gasteiger partial charge in [-0.2, -0.15) is 0 Å². The number of urea groups is 1. The van der Waals surface area contributed by atoms with Crippen LogP contribution >= 0.6 is 0 Å². The maximum atomic E-state index is 11.3. The monoisotopic (exact) mass is 209 g/mol. The summed E-state index contributed by atoms with van der Waals surface area (Å²) in [6.07, 6.45) is 7.70. The van der Waals surface area contributed by atoms with Gasteiger partial charge in [0.1, 0.15) is 0 Å². The first-order chi connectivity index (χ1) is 7.19. The zero-order valence-corrected chi connectivity index (χ0v) is 8.96. The van der Waals surface area contributed by atoms with Crippen molar-refractivity contribution in [3.8, 4) is 0 Å². The van der Waals surface area contributed by atoms with Gasteiger partial charge in [-0.1, -0.05) is 0 Å². The van der Waals surface area contributed by atoms with Gasteiger partial charge in [-0.25, -0.2) is 10.6 Å². The van der Waals surface area contributed by atoms with Crippen molar-refractivity contribution in [2.75, 3.05) is 0 Å². The number of carbonyl (C=O) groups excluding carboxylic acids is 1. The van der Waals surface area contributed by atoms with Crippen LogP contribution in [0, 0.1) is 17.8 Å². The molecule has 0 heterocycles. The molecule has 4 fully saturated rings. The Hall–Kier alpha value is -0.770. The lowest BCUT2D eigenvalue weighted by Crippen LogP contribution is -2.62. The molecular formula is C11H19N3O. The zero-order valence-electron chi connectivity index (χ0n) is 8.96. The molecule has 0 aromatic rings. The van der Waals surface area contributed by atoms with Crippen molar-refractivity contribution in [2.24, 2.45) is 23.6 Å². The molecule has 0 aliphatic heterocycles. The predicted octanol–water partition coefficient (Wildman–Crippen LogP) is 1.13. The predicted molar refractivity (Wildman–Crippen MR) is 56.8 cm³/mol. The molecule has 15 heavy (non-hydrogen) atoms. The van der Waals surface area contributed by atoms with Crippen LogP contribution in [-0.2, 0) is 0 Å². The lowest BCUT2D eigenvalue weighted by molar-refractivity contribution is -0.0135. The molecule has 84 valence electrons. The summed E-state index contributed by atoms with van der Waals surface area (Å²) in [7, 11) is 0. The third-order valence-electron chi connectivity index (χ3n) is 4.55. The van der Waals surface area contributed by atoms with Crippen molar-refractivity contribution in [1.29, 1.82) is 0 Å². The Bertz CT molecular complexity index is 254. The standard InChI is InChI=1S/C11H19N3O/c12-14-10(15)13-11-4-7-1-8(5-11)3-9(2-7)6-11/h7-9H,1-6,12H2,(H2,13,14,15). The van der Waals surface area contributed by atoms with Crippen LogP contribution in [0.25, 0.3) is 0 Å². The lowest BCUT2D eigenvalue weighted by Gasteiger charge is -2.56. The van der Waals surface area contributed by atoms with Gasteiger partial charge in [-0.05, 0) is 56.3 Å². The fourth-order valence-corrected chi connectivity index (χ4v) is 4.54. The fourth-order valence-electron chi connectivity index (χ4n) is 4.54. The van der Waals surface area contributed by atoms with Gasteiger partial charge in [0.15, 0.2) is 0 Å². The summed E-state index contributed by atoms with van der Waals surface area (Å²) in [4.78, 5) is 11.3. The number of nitrogens with two attached hydrogens (primary N) is 1. The van der Waals surface area contributed by atoms with Crippen LogP contribution in [0.4, 0.5) is 4.79 Å². The van der Waals surface area contributed by atoms with E-state index < -0.39 is 0 Å². The summed E-state index contributed by atoms with van der Waals surface area (Å²) in [5.74, 6) is 7.71. The quantitative estimate of drug-likeness (QED) is 0.344. The number of carbonyl (C=O) groups is 1. The third kappa shape index (κ3) is 1.51. The maximum absolute atomic E-state index is 11.3. The topological polar surface area (TPSA) is 67.1 Å². The summed E-state index contributed by atoms with van der Waals surface area (Å²) >= 11 is 0. The smallest absolute Gasteiger partial charge is 0.329 e. The highest BCUT2D eigenvalue weighted by Gasteiger charge is 2.51. The van der Waals surface area contributed by atoms with Gasteiger partial charge in [-0.3, -0.25) is 5.43 Å². The molecule has 4 aliphatic rings. The van der Waals surface area contributed by atoms with Crippen molar-refractivity contribution >= 4 is 6.03 Å². The Labute approximate surface area is 89.9 Å². The Morgan fingerprint density at radius 1 is 1.07 bits per heavy atom. The largest absolute Gasteiger partial charge is 0.332 e. The average molecular weight is 209 g/mol. The van der Waals surface area contributed by atoms with Crippen LogP contribution in [0.15, 0.2) is 0 Å². The minimum atomic E-state index is -0.211. The number of hydrogen-bond acceptors (Lipinski definition) is 2. The van der Waals surface area contributed by atoms with Crippen LogP contribution in [0.1, 0.15) is 38.5 Å². The molecule has 4 rings (SSSR count). The third-order valence-corrected chi connectivity index (χ3v) is 4.55. The Balaban J connectivity index is 1.78. The molecule has 0 aromatic carbocycles. The first-order valence-electron chi connectivity index (χ1n) is 5.98. The Morgan fingerprint density at radius 2 is 1.53 bits per heavy atom. The molecule has 0 aromatic heterocycles. The molecule has 4 nitrogen and oxygen atoms in total. The SMILES string of the molecule is NNC(=O)NC12CC3CC(CC(C3)C1)C2. The van der Waals surface area contributed by atoms with E-state index in [4.69, 9.17) is 5.84 Å². The van der Waals surface area contributed by atoms with Crippen molar-refractivity contribution in [2.45, 2.75) is 44.1 Å². The lowest BCUT2D eigenvalue weighted by atomic mass is 9.53. The molecule has 4 heteroatoms. The van der Waals surface area contributed by atoms with Gasteiger partial charge in [0, 0.05) is 5.54 Å². The molecule has 0 spiro atoms. The average Bonchev–Trinajstić information content (AvgIpc) is 2.14. The highest BCUT2D eigenvalue weighted by Crippen LogP contribution is 2.55. The number of hydrogen-bond donors (Lipinski definition) is 3. The highest BCUT2D eigenvalue weighted by molar-refractivity contribution is 5.74. The van der Waals surface area contributed by atoms with Gasteiger partial charge in [0.2, 0.25) is 0 Å². The summed E-state index contributed by atoms with van der Waals surface area (Å²) in [5.41, 5.74) is 2.27. The van der Waals surface area contributed by atoms with Crippen molar-refractivity contribution < 1.29 is 4.79 Å². The molecule has 0 unspecified atom stereocenters. The van der Waals surface area contributed by atoms with E-state index in [0.29, 0.717) is 0 Å². The number of hydrazine groups is 1. The molecule has 4 N–H and O–H groups in total. The normalized spacial score (nSPS) is 46.6. The molecule has 0 atom stereocenters. The van der Waals surface area contributed by atoms with Crippen LogP contribution < -0.4 is 16.6 Å². The minimum absolute atomic E-state index is 0.0816. The second-order valence-electron chi connectivity index (χ2n) is 5.80. The molecule has 2 amide bonds. The van der Waals surface area contributed by atoms with E-state index in [9.17, 15) is 4.79 Å². The van der Waals surface area contributed by atoms with Crippen LogP contribution in [0.2, 0.25) is 0 Å². The number of nitrogens with one attached hydrogen (secondary N) is 2. The number of rotatable bonds is 1. The van der Waals surface area contributed by atoms with E-state index in [2.05, 4.69) is 10.7 Å². The minimum Gasteiger partial charge on any atom is -0.332 e. The maximum Gasteiger partial charge on any atom is 0.329 e. The Morgan fingerprint density at radius 3 is 1.93 bits per heavy atom. The van der Waals surface area contributed by atoms with E-state index in [0.717, 1.165) is 17.8 Å². The van der Waals surface area contributed by atoms with E-state index in [1.807, 2.05) is 0 Å². The first-order valence-corrected chi connectivity index (χ1v) is 5.98. The van der Waals surface area contributed by atoms with Crippen molar-refractivity contribution in [3.05, 3.63) is 0 Å². The van der Waals surface area contributed by atoms with Crippen LogP contribution in [0.3, 0.4) is 0 Å². The highest BCUT2D eigenvalue weighted by atomic mass is 16.2. The van der Waals surface area contributed by atoms with Gasteiger partial charge in [0.25, 0.3) is 0 Å². The molecule has 4 saturated carbocycles. The molecule has 4 aliphatic carbocycles. The van der Waals surface area contributed by atoms with Gasteiger partial charge in [-0.15, -0.1) is 0 Å². The molecular weight excluding hydrogens is 190 g/mol. The summed E-state index contributed by atoms with van der Waals surface area (Å²) in [6.45, 7) is 0. The Kier molecular flexibility index (Phi) is 1.96. The molecule has 0 saturated heterocycles. The van der Waals surface area contributed by atoms with Gasteiger partial charge >= 0.3 is 6.03 Å². The second kappa shape index (κ2) is 3.11. The van der Waals surface area contributed by atoms with Crippen LogP contribution in [-0.4, -0.2) is 11.6 Å². The summed E-state index contributed by atoms with van der Waals surface area (Å²) < 4.78 is 0. The van der Waals surface area contributed by atoms with Crippen molar-refractivity contribution in [3.63, 3.8) is 0 Å². The number of amides is 2. The molecule has 4 bridgehead atoms. The first kappa shape index (κ1) is 9.46. The summed E-state index contributed by atoms with van der Waals surface area (Å²) in [6, 6.07) is -0.211. The van der Waals surface area contributed by atoms with E-state index in [1.54, 1.807) is 0 Å². The zero-order chi connectivity index (χ0) is 10.5. The second-order valence-corrected chi connectivity index (χ2v) is 5.80. The molecule has 0 radical (unpaired) electrons. The van der Waals surface area contributed by atoms with Gasteiger partial charge in [0.05, 0.1) is 0 Å². The fraction of sp³-hybridized carbons (Fsp3) is 0.909. The van der Waals surface area contributed by atoms with E-state index >= 15 is 0 Å². The van der Waals surface area contributed by atoms with Crippen LogP contribution in [0.5, 0.6) is 0 Å². The van der Waals surface area contributed by atoms with E-state index in [1.165, 1.54) is 38.5 Å². The van der Waals surface area contributed by atoms with Gasteiger partial charge < -0.3 is 5.32 Å².